The second kappa shape index (κ2) is 5.89. The lowest BCUT2D eigenvalue weighted by atomic mass is 10.2. The highest BCUT2D eigenvalue weighted by Gasteiger charge is 2.19. The number of nitrogens with one attached hydrogen (secondary N) is 1. The minimum Gasteiger partial charge on any atom is -0.351 e. The summed E-state index contributed by atoms with van der Waals surface area (Å²) in [6, 6.07) is 1.40. The highest BCUT2D eigenvalue weighted by atomic mass is 35.5. The fraction of sp³-hybridized carbons (Fsp3) is 0.500. The monoisotopic (exact) mass is 293 g/mol. The van der Waals surface area contributed by atoms with Crippen LogP contribution in [-0.4, -0.2) is 33.7 Å². The number of hydrogen-bond acceptors (Lipinski definition) is 4. The highest BCUT2D eigenvalue weighted by molar-refractivity contribution is 7.99. The van der Waals surface area contributed by atoms with E-state index in [2.05, 4.69) is 15.5 Å². The molecule has 0 spiro atoms. The Labute approximate surface area is 114 Å². The molecule has 0 fully saturated rings. The van der Waals surface area contributed by atoms with Crippen LogP contribution in [0.25, 0.3) is 0 Å². The first-order chi connectivity index (χ1) is 7.85. The van der Waals surface area contributed by atoms with Crippen LogP contribution in [0.1, 0.15) is 24.2 Å². The molecule has 4 nitrogen and oxygen atoms in total. The first-order valence-corrected chi connectivity index (χ1v) is 6.86. The zero-order chi connectivity index (χ0) is 13.1. The Hall–Kier alpha value is -0.520. The van der Waals surface area contributed by atoms with Gasteiger partial charge in [-0.05, 0) is 26.2 Å². The van der Waals surface area contributed by atoms with Gasteiger partial charge in [-0.2, -0.15) is 11.8 Å². The van der Waals surface area contributed by atoms with E-state index in [0.29, 0.717) is 6.54 Å². The SMILES string of the molecule is CSC(C)(C)CNC(=O)c1cc(Cl)nnc1Cl. The molecule has 0 bridgehead atoms. The van der Waals surface area contributed by atoms with Gasteiger partial charge >= 0.3 is 0 Å². The maximum absolute atomic E-state index is 11.8. The molecular weight excluding hydrogens is 281 g/mol. The summed E-state index contributed by atoms with van der Waals surface area (Å²) in [5.41, 5.74) is 0.239. The lowest BCUT2D eigenvalue weighted by Gasteiger charge is -2.22. The van der Waals surface area contributed by atoms with E-state index in [4.69, 9.17) is 23.2 Å². The highest BCUT2D eigenvalue weighted by Crippen LogP contribution is 2.20. The van der Waals surface area contributed by atoms with Gasteiger partial charge in [-0.25, -0.2) is 0 Å². The lowest BCUT2D eigenvalue weighted by molar-refractivity contribution is 0.0950. The number of aromatic nitrogens is 2. The summed E-state index contributed by atoms with van der Waals surface area (Å²) in [6.07, 6.45) is 1.99. The average Bonchev–Trinajstić information content (AvgIpc) is 2.29. The van der Waals surface area contributed by atoms with Gasteiger partial charge in [-0.3, -0.25) is 4.79 Å². The van der Waals surface area contributed by atoms with Crippen molar-refractivity contribution in [3.63, 3.8) is 0 Å². The second-order valence-electron chi connectivity index (χ2n) is 4.02. The molecule has 0 saturated heterocycles. The van der Waals surface area contributed by atoms with Crippen LogP contribution >= 0.6 is 35.0 Å². The van der Waals surface area contributed by atoms with Crippen LogP contribution in [-0.2, 0) is 0 Å². The molecule has 1 aromatic rings. The largest absolute Gasteiger partial charge is 0.351 e. The number of carbonyl (C=O) groups is 1. The van der Waals surface area contributed by atoms with Crippen molar-refractivity contribution in [3.8, 4) is 0 Å². The van der Waals surface area contributed by atoms with Crippen molar-refractivity contribution < 1.29 is 4.79 Å². The van der Waals surface area contributed by atoms with Crippen LogP contribution in [0.3, 0.4) is 0 Å². The predicted octanol–water partition coefficient (Wildman–Crippen LogP) is 2.65. The number of thioether (sulfide) groups is 1. The van der Waals surface area contributed by atoms with Crippen LogP contribution in [0.15, 0.2) is 6.07 Å². The van der Waals surface area contributed by atoms with Gasteiger partial charge in [-0.15, -0.1) is 10.2 Å². The van der Waals surface area contributed by atoms with E-state index in [1.807, 2.05) is 20.1 Å². The second-order valence-corrected chi connectivity index (χ2v) is 6.28. The summed E-state index contributed by atoms with van der Waals surface area (Å²) >= 11 is 13.1. The molecule has 1 amide bonds. The van der Waals surface area contributed by atoms with Crippen LogP contribution in [0, 0.1) is 0 Å². The van der Waals surface area contributed by atoms with E-state index in [9.17, 15) is 4.79 Å². The maximum Gasteiger partial charge on any atom is 0.254 e. The van der Waals surface area contributed by atoms with Gasteiger partial charge in [0, 0.05) is 11.3 Å². The van der Waals surface area contributed by atoms with Crippen LogP contribution in [0.2, 0.25) is 10.3 Å². The third-order valence-electron chi connectivity index (χ3n) is 2.19. The molecule has 7 heteroatoms. The zero-order valence-electron chi connectivity index (χ0n) is 9.75. The predicted molar refractivity (Wildman–Crippen MR) is 72.0 cm³/mol. The molecule has 94 valence electrons. The summed E-state index contributed by atoms with van der Waals surface area (Å²) in [4.78, 5) is 11.8. The standard InChI is InChI=1S/C10H13Cl2N3OS/c1-10(2,17-3)5-13-9(16)6-4-7(11)14-15-8(6)12/h4H,5H2,1-3H3,(H,13,16). The van der Waals surface area contributed by atoms with Gasteiger partial charge in [0.1, 0.15) is 0 Å². The van der Waals surface area contributed by atoms with E-state index < -0.39 is 0 Å². The van der Waals surface area contributed by atoms with Gasteiger partial charge in [0.05, 0.1) is 5.56 Å². The lowest BCUT2D eigenvalue weighted by Crippen LogP contribution is -2.36. The van der Waals surface area contributed by atoms with Crippen molar-refractivity contribution in [2.24, 2.45) is 0 Å². The summed E-state index contributed by atoms with van der Waals surface area (Å²) in [7, 11) is 0. The summed E-state index contributed by atoms with van der Waals surface area (Å²) < 4.78 is -0.0353. The van der Waals surface area contributed by atoms with E-state index in [-0.39, 0.29) is 26.5 Å². The molecule has 1 heterocycles. The molecule has 0 aromatic carbocycles. The molecule has 1 N–H and O–H groups in total. The van der Waals surface area contributed by atoms with Crippen molar-refractivity contribution >= 4 is 40.9 Å². The number of nitrogens with zero attached hydrogens (tertiary/aromatic N) is 2. The topological polar surface area (TPSA) is 54.9 Å². The summed E-state index contributed by atoms with van der Waals surface area (Å²) in [5.74, 6) is -0.297. The fourth-order valence-electron chi connectivity index (χ4n) is 0.973. The first kappa shape index (κ1) is 14.5. The van der Waals surface area contributed by atoms with Gasteiger partial charge in [0.15, 0.2) is 10.3 Å². The molecule has 0 radical (unpaired) electrons. The molecule has 0 aliphatic carbocycles. The Morgan fingerprint density at radius 2 is 2.12 bits per heavy atom. The van der Waals surface area contributed by atoms with Crippen LogP contribution < -0.4 is 5.32 Å². The van der Waals surface area contributed by atoms with E-state index in [1.165, 1.54) is 6.07 Å². The normalized spacial score (nSPS) is 11.4. The molecule has 17 heavy (non-hydrogen) atoms. The van der Waals surface area contributed by atoms with Gasteiger partial charge in [0.2, 0.25) is 0 Å². The number of hydrogen-bond donors (Lipinski definition) is 1. The van der Waals surface area contributed by atoms with Crippen molar-refractivity contribution in [3.05, 3.63) is 21.9 Å². The molecule has 0 unspecified atom stereocenters. The van der Waals surface area contributed by atoms with Crippen molar-refractivity contribution in [1.29, 1.82) is 0 Å². The molecule has 0 saturated carbocycles. The Balaban J connectivity index is 2.74. The Morgan fingerprint density at radius 1 is 1.47 bits per heavy atom. The Morgan fingerprint density at radius 3 is 2.71 bits per heavy atom. The summed E-state index contributed by atoms with van der Waals surface area (Å²) in [6.45, 7) is 4.61. The van der Waals surface area contributed by atoms with Gasteiger partial charge < -0.3 is 5.32 Å². The van der Waals surface area contributed by atoms with E-state index in [1.54, 1.807) is 11.8 Å². The molecular formula is C10H13Cl2N3OS. The number of rotatable bonds is 4. The molecule has 0 aliphatic rings. The quantitative estimate of drug-likeness (QED) is 0.927. The number of carbonyl (C=O) groups excluding carboxylic acids is 1. The number of amides is 1. The number of halogens is 2. The van der Waals surface area contributed by atoms with Crippen molar-refractivity contribution in [1.82, 2.24) is 15.5 Å². The van der Waals surface area contributed by atoms with E-state index >= 15 is 0 Å². The summed E-state index contributed by atoms with van der Waals surface area (Å²) in [5, 5.41) is 10.1. The Bertz CT molecular complexity index is 426. The van der Waals surface area contributed by atoms with Crippen LogP contribution in [0.5, 0.6) is 0 Å². The maximum atomic E-state index is 11.8. The minimum atomic E-state index is -0.297. The van der Waals surface area contributed by atoms with Gasteiger partial charge in [-0.1, -0.05) is 23.2 Å². The van der Waals surface area contributed by atoms with E-state index in [0.717, 1.165) is 0 Å². The molecule has 1 rings (SSSR count). The average molecular weight is 294 g/mol. The molecule has 0 aliphatic heterocycles. The fourth-order valence-corrected chi connectivity index (χ4v) is 1.51. The Kier molecular flexibility index (Phi) is 5.04. The van der Waals surface area contributed by atoms with Crippen molar-refractivity contribution in [2.45, 2.75) is 18.6 Å². The third-order valence-corrected chi connectivity index (χ3v) is 3.90. The van der Waals surface area contributed by atoms with Gasteiger partial charge in [0.25, 0.3) is 5.91 Å². The smallest absolute Gasteiger partial charge is 0.254 e. The minimum absolute atomic E-state index is 0.0353. The van der Waals surface area contributed by atoms with Crippen LogP contribution in [0.4, 0.5) is 0 Å². The molecule has 0 atom stereocenters. The zero-order valence-corrected chi connectivity index (χ0v) is 12.1. The third kappa shape index (κ3) is 4.33. The van der Waals surface area contributed by atoms with Crippen molar-refractivity contribution in [2.75, 3.05) is 12.8 Å². The first-order valence-electron chi connectivity index (χ1n) is 4.88. The molecule has 1 aromatic heterocycles.